The third-order valence-electron chi connectivity index (χ3n) is 4.50. The highest BCUT2D eigenvalue weighted by atomic mass is 32.2. The Morgan fingerprint density at radius 3 is 2.75 bits per heavy atom. The van der Waals surface area contributed by atoms with E-state index >= 15 is 0 Å². The average Bonchev–Trinajstić information content (AvgIpc) is 2.91. The van der Waals surface area contributed by atoms with Gasteiger partial charge in [-0.3, -0.25) is 4.90 Å². The number of fused-ring (bicyclic) bond motifs is 1. The van der Waals surface area contributed by atoms with E-state index in [-0.39, 0.29) is 0 Å². The van der Waals surface area contributed by atoms with Gasteiger partial charge in [-0.15, -0.1) is 0 Å². The Morgan fingerprint density at radius 2 is 2.08 bits per heavy atom. The van der Waals surface area contributed by atoms with Gasteiger partial charge in [0.25, 0.3) is 0 Å². The van der Waals surface area contributed by atoms with Gasteiger partial charge in [-0.25, -0.2) is 4.98 Å². The molecule has 2 heterocycles. The SMILES string of the molecule is CCSc1nc2c(n1C)CN(CC(O)c1ccc(OC)cc1)CC2. The van der Waals surface area contributed by atoms with Crippen molar-refractivity contribution >= 4 is 11.8 Å². The summed E-state index contributed by atoms with van der Waals surface area (Å²) in [6, 6.07) is 7.64. The molecule has 0 saturated heterocycles. The van der Waals surface area contributed by atoms with Gasteiger partial charge in [0.15, 0.2) is 5.16 Å². The van der Waals surface area contributed by atoms with Crippen LogP contribution in [0.2, 0.25) is 0 Å². The van der Waals surface area contributed by atoms with Crippen molar-refractivity contribution < 1.29 is 9.84 Å². The van der Waals surface area contributed by atoms with Crippen LogP contribution in [-0.4, -0.2) is 45.5 Å². The van der Waals surface area contributed by atoms with Crippen LogP contribution in [-0.2, 0) is 20.0 Å². The first-order valence-corrected chi connectivity index (χ1v) is 9.32. The van der Waals surface area contributed by atoms with Crippen molar-refractivity contribution in [1.29, 1.82) is 0 Å². The van der Waals surface area contributed by atoms with Gasteiger partial charge in [-0.1, -0.05) is 30.8 Å². The van der Waals surface area contributed by atoms with Crippen molar-refractivity contribution in [3.05, 3.63) is 41.2 Å². The quantitative estimate of drug-likeness (QED) is 0.814. The maximum atomic E-state index is 10.5. The minimum absolute atomic E-state index is 0.491. The molecular weight excluding hydrogens is 322 g/mol. The number of nitrogens with zero attached hydrogens (tertiary/aromatic N) is 3. The lowest BCUT2D eigenvalue weighted by atomic mass is 10.1. The van der Waals surface area contributed by atoms with Gasteiger partial charge in [-0.05, 0) is 23.4 Å². The van der Waals surface area contributed by atoms with E-state index in [0.29, 0.717) is 6.54 Å². The third kappa shape index (κ3) is 3.61. The van der Waals surface area contributed by atoms with E-state index in [9.17, 15) is 5.11 Å². The van der Waals surface area contributed by atoms with E-state index in [4.69, 9.17) is 9.72 Å². The molecule has 6 heteroatoms. The molecule has 1 aromatic carbocycles. The smallest absolute Gasteiger partial charge is 0.168 e. The summed E-state index contributed by atoms with van der Waals surface area (Å²) in [5, 5.41) is 11.6. The molecule has 1 aliphatic rings. The fourth-order valence-electron chi connectivity index (χ4n) is 3.11. The summed E-state index contributed by atoms with van der Waals surface area (Å²) in [6.45, 7) is 4.56. The summed E-state index contributed by atoms with van der Waals surface area (Å²) in [5.41, 5.74) is 3.41. The predicted octanol–water partition coefficient (Wildman–Crippen LogP) is 2.63. The van der Waals surface area contributed by atoms with Crippen LogP contribution in [0.3, 0.4) is 0 Å². The van der Waals surface area contributed by atoms with E-state index in [1.165, 1.54) is 11.4 Å². The Labute approximate surface area is 147 Å². The van der Waals surface area contributed by atoms with Crippen LogP contribution >= 0.6 is 11.8 Å². The monoisotopic (exact) mass is 347 g/mol. The second kappa shape index (κ2) is 7.59. The summed E-state index contributed by atoms with van der Waals surface area (Å²) in [7, 11) is 3.74. The Bertz CT molecular complexity index is 684. The van der Waals surface area contributed by atoms with Gasteiger partial charge in [0.1, 0.15) is 5.75 Å². The number of thioether (sulfide) groups is 1. The Kier molecular flexibility index (Phi) is 5.48. The number of imidazole rings is 1. The number of aliphatic hydroxyl groups excluding tert-OH is 1. The number of hydrogen-bond acceptors (Lipinski definition) is 5. The molecule has 2 aromatic rings. The molecule has 0 bridgehead atoms. The lowest BCUT2D eigenvalue weighted by Gasteiger charge is -2.29. The van der Waals surface area contributed by atoms with Crippen molar-refractivity contribution in [3.63, 3.8) is 0 Å². The number of aliphatic hydroxyl groups is 1. The number of ether oxygens (including phenoxy) is 1. The molecule has 1 N–H and O–H groups in total. The van der Waals surface area contributed by atoms with E-state index in [1.54, 1.807) is 18.9 Å². The van der Waals surface area contributed by atoms with E-state index in [0.717, 1.165) is 41.7 Å². The number of β-amino-alcohol motifs (C(OH)–C–C–N with tert-alkyl or cyclic N) is 1. The molecule has 0 spiro atoms. The zero-order valence-electron chi connectivity index (χ0n) is 14.5. The maximum Gasteiger partial charge on any atom is 0.168 e. The third-order valence-corrected chi connectivity index (χ3v) is 5.41. The molecule has 130 valence electrons. The van der Waals surface area contributed by atoms with Crippen LogP contribution in [0.5, 0.6) is 5.75 Å². The van der Waals surface area contributed by atoms with E-state index < -0.39 is 6.10 Å². The number of rotatable bonds is 6. The van der Waals surface area contributed by atoms with Crippen molar-refractivity contribution in [2.24, 2.45) is 7.05 Å². The zero-order valence-corrected chi connectivity index (χ0v) is 15.3. The van der Waals surface area contributed by atoms with Crippen molar-refractivity contribution in [2.75, 3.05) is 26.0 Å². The fraction of sp³-hybridized carbons (Fsp3) is 0.500. The normalized spacial score (nSPS) is 16.0. The first-order valence-electron chi connectivity index (χ1n) is 8.34. The Morgan fingerprint density at radius 1 is 1.33 bits per heavy atom. The van der Waals surface area contributed by atoms with Gasteiger partial charge in [0, 0.05) is 33.1 Å². The van der Waals surface area contributed by atoms with Crippen molar-refractivity contribution in [2.45, 2.75) is 31.1 Å². The Balaban J connectivity index is 1.66. The number of aromatic nitrogens is 2. The number of methoxy groups -OCH3 is 1. The standard InChI is InChI=1S/C18H25N3O2S/c1-4-24-18-19-15-9-10-21(11-16(15)20(18)2)12-17(22)13-5-7-14(23-3)8-6-13/h5-8,17,22H,4,9-12H2,1-3H3. The minimum atomic E-state index is -0.491. The summed E-state index contributed by atoms with van der Waals surface area (Å²) < 4.78 is 7.37. The molecule has 1 atom stereocenters. The molecule has 0 saturated carbocycles. The van der Waals surface area contributed by atoms with Crippen molar-refractivity contribution in [3.8, 4) is 5.75 Å². The molecule has 1 unspecified atom stereocenters. The van der Waals surface area contributed by atoms with Gasteiger partial charge in [-0.2, -0.15) is 0 Å². The molecule has 0 fully saturated rings. The highest BCUT2D eigenvalue weighted by molar-refractivity contribution is 7.99. The van der Waals surface area contributed by atoms with Crippen LogP contribution in [0.1, 0.15) is 30.0 Å². The van der Waals surface area contributed by atoms with Gasteiger partial charge >= 0.3 is 0 Å². The van der Waals surface area contributed by atoms with Crippen LogP contribution in [0.25, 0.3) is 0 Å². The molecule has 0 amide bonds. The largest absolute Gasteiger partial charge is 0.497 e. The summed E-state index contributed by atoms with van der Waals surface area (Å²) in [5.74, 6) is 1.84. The Hall–Kier alpha value is -1.50. The zero-order chi connectivity index (χ0) is 17.1. The van der Waals surface area contributed by atoms with Crippen LogP contribution < -0.4 is 4.74 Å². The van der Waals surface area contributed by atoms with E-state index in [1.807, 2.05) is 24.3 Å². The number of hydrogen-bond donors (Lipinski definition) is 1. The molecule has 24 heavy (non-hydrogen) atoms. The first-order chi connectivity index (χ1) is 11.6. The number of benzene rings is 1. The lowest BCUT2D eigenvalue weighted by molar-refractivity contribution is 0.104. The summed E-state index contributed by atoms with van der Waals surface area (Å²) in [6.07, 6.45) is 0.457. The first kappa shape index (κ1) is 17.3. The molecule has 3 rings (SSSR count). The van der Waals surface area contributed by atoms with Crippen LogP contribution in [0.4, 0.5) is 0 Å². The highest BCUT2D eigenvalue weighted by Gasteiger charge is 2.24. The van der Waals surface area contributed by atoms with Gasteiger partial charge < -0.3 is 14.4 Å². The predicted molar refractivity (Wildman–Crippen MR) is 96.5 cm³/mol. The topological polar surface area (TPSA) is 50.5 Å². The summed E-state index contributed by atoms with van der Waals surface area (Å²) >= 11 is 1.78. The van der Waals surface area contributed by atoms with Crippen molar-refractivity contribution in [1.82, 2.24) is 14.5 Å². The van der Waals surface area contributed by atoms with Gasteiger partial charge in [0.2, 0.25) is 0 Å². The molecule has 0 radical (unpaired) electrons. The second-order valence-corrected chi connectivity index (χ2v) is 7.29. The van der Waals surface area contributed by atoms with E-state index in [2.05, 4.69) is 23.4 Å². The molecule has 5 nitrogen and oxygen atoms in total. The second-order valence-electron chi connectivity index (χ2n) is 6.05. The molecule has 1 aliphatic heterocycles. The fourth-order valence-corrected chi connectivity index (χ4v) is 3.84. The molecule has 1 aromatic heterocycles. The van der Waals surface area contributed by atoms with Gasteiger partial charge in [0.05, 0.1) is 24.6 Å². The molecule has 0 aliphatic carbocycles. The molecular formula is C18H25N3O2S. The summed E-state index contributed by atoms with van der Waals surface area (Å²) in [4.78, 5) is 7.06. The minimum Gasteiger partial charge on any atom is -0.497 e. The highest BCUT2D eigenvalue weighted by Crippen LogP contribution is 2.26. The average molecular weight is 347 g/mol. The maximum absolute atomic E-state index is 10.5. The van der Waals surface area contributed by atoms with Crippen LogP contribution in [0.15, 0.2) is 29.4 Å². The lowest BCUT2D eigenvalue weighted by Crippen LogP contribution is -2.34. The van der Waals surface area contributed by atoms with Crippen LogP contribution in [0, 0.1) is 0 Å².